The van der Waals surface area contributed by atoms with Gasteiger partial charge in [-0.3, -0.25) is 4.90 Å². The third-order valence-electron chi connectivity index (χ3n) is 3.71. The Morgan fingerprint density at radius 1 is 0.920 bits per heavy atom. The molecule has 0 aliphatic carbocycles. The lowest BCUT2D eigenvalue weighted by Crippen LogP contribution is -2.37. The number of nitrogens with zero attached hydrogens (tertiary/aromatic N) is 1. The van der Waals surface area contributed by atoms with Crippen molar-refractivity contribution in [3.05, 3.63) is 23.8 Å². The van der Waals surface area contributed by atoms with Crippen molar-refractivity contribution < 1.29 is 19.3 Å². The van der Waals surface area contributed by atoms with Gasteiger partial charge in [0.1, 0.15) is 0 Å². The van der Waals surface area contributed by atoms with Crippen LogP contribution >= 0.6 is 0 Å². The molecule has 0 unspecified atom stereocenters. The van der Waals surface area contributed by atoms with E-state index in [4.69, 9.17) is 14.2 Å². The number of hydrogen-bond acceptors (Lipinski definition) is 5. The first-order valence-corrected chi connectivity index (χ1v) is 9.04. The van der Waals surface area contributed by atoms with Gasteiger partial charge in [0, 0.05) is 26.2 Å². The zero-order valence-corrected chi connectivity index (χ0v) is 16.6. The average molecular weight is 354 g/mol. The van der Waals surface area contributed by atoms with Crippen LogP contribution in [0.4, 0.5) is 0 Å². The van der Waals surface area contributed by atoms with E-state index in [0.29, 0.717) is 31.6 Å². The number of aliphatic hydroxyl groups is 1. The van der Waals surface area contributed by atoms with Crippen molar-refractivity contribution in [3.8, 4) is 11.5 Å². The van der Waals surface area contributed by atoms with Gasteiger partial charge in [-0.05, 0) is 29.5 Å². The van der Waals surface area contributed by atoms with E-state index in [0.717, 1.165) is 30.2 Å². The number of methoxy groups -OCH3 is 2. The third kappa shape index (κ3) is 8.56. The van der Waals surface area contributed by atoms with E-state index < -0.39 is 6.10 Å². The third-order valence-corrected chi connectivity index (χ3v) is 3.71. The summed E-state index contributed by atoms with van der Waals surface area (Å²) in [6.45, 7) is 11.9. The van der Waals surface area contributed by atoms with Gasteiger partial charge in [0.25, 0.3) is 0 Å². The molecule has 144 valence electrons. The Labute approximate surface area is 152 Å². The van der Waals surface area contributed by atoms with Crippen molar-refractivity contribution in [3.63, 3.8) is 0 Å². The Morgan fingerprint density at radius 3 is 2.16 bits per heavy atom. The minimum atomic E-state index is -0.488. The van der Waals surface area contributed by atoms with Crippen LogP contribution in [0.3, 0.4) is 0 Å². The molecule has 1 atom stereocenters. The van der Waals surface area contributed by atoms with Gasteiger partial charge in [0.15, 0.2) is 11.5 Å². The molecule has 1 rings (SSSR count). The van der Waals surface area contributed by atoms with E-state index in [1.807, 2.05) is 18.2 Å². The molecule has 1 N–H and O–H groups in total. The molecule has 0 amide bonds. The highest BCUT2D eigenvalue weighted by Crippen LogP contribution is 2.28. The molecule has 25 heavy (non-hydrogen) atoms. The number of hydrogen-bond donors (Lipinski definition) is 1. The fraction of sp³-hybridized carbons (Fsp3) is 0.700. The Bertz CT molecular complexity index is 491. The summed E-state index contributed by atoms with van der Waals surface area (Å²) in [6.07, 6.45) is -0.488. The summed E-state index contributed by atoms with van der Waals surface area (Å²) in [4.78, 5) is 2.26. The first kappa shape index (κ1) is 21.7. The Balaban J connectivity index is 2.69. The van der Waals surface area contributed by atoms with E-state index in [9.17, 15) is 5.11 Å². The largest absolute Gasteiger partial charge is 0.493 e. The maximum atomic E-state index is 10.3. The lowest BCUT2D eigenvalue weighted by Gasteiger charge is -2.27. The predicted molar refractivity (Wildman–Crippen MR) is 101 cm³/mol. The molecular weight excluding hydrogens is 318 g/mol. The molecule has 0 radical (unpaired) electrons. The SMILES string of the molecule is COc1ccc(CN(CC(C)C)C[C@H](O)COCC(C)C)cc1OC. The van der Waals surface area contributed by atoms with E-state index in [-0.39, 0.29) is 0 Å². The lowest BCUT2D eigenvalue weighted by molar-refractivity contribution is 0.00522. The van der Waals surface area contributed by atoms with Crippen LogP contribution in [-0.4, -0.2) is 56.6 Å². The van der Waals surface area contributed by atoms with Crippen molar-refractivity contribution in [1.82, 2.24) is 4.90 Å². The van der Waals surface area contributed by atoms with E-state index in [2.05, 4.69) is 32.6 Å². The molecule has 0 aromatic heterocycles. The van der Waals surface area contributed by atoms with Gasteiger partial charge in [-0.25, -0.2) is 0 Å². The van der Waals surface area contributed by atoms with Crippen LogP contribution in [-0.2, 0) is 11.3 Å². The van der Waals surface area contributed by atoms with Crippen LogP contribution in [0, 0.1) is 11.8 Å². The quantitative estimate of drug-likeness (QED) is 0.625. The van der Waals surface area contributed by atoms with Gasteiger partial charge in [0.05, 0.1) is 26.9 Å². The molecule has 0 saturated carbocycles. The van der Waals surface area contributed by atoms with E-state index in [1.54, 1.807) is 14.2 Å². The van der Waals surface area contributed by atoms with Gasteiger partial charge >= 0.3 is 0 Å². The summed E-state index contributed by atoms with van der Waals surface area (Å²) in [5, 5.41) is 10.3. The molecular formula is C20H35NO4. The zero-order valence-electron chi connectivity index (χ0n) is 16.6. The molecule has 0 aliphatic rings. The van der Waals surface area contributed by atoms with Gasteiger partial charge in [-0.1, -0.05) is 33.8 Å². The standard InChI is InChI=1S/C20H35NO4/c1-15(2)10-21(12-18(22)14-25-13-16(3)4)11-17-7-8-19(23-5)20(9-17)24-6/h7-9,15-16,18,22H,10-14H2,1-6H3/t18-/m0/s1. The van der Waals surface area contributed by atoms with Crippen molar-refractivity contribution in [1.29, 1.82) is 0 Å². The van der Waals surface area contributed by atoms with E-state index in [1.165, 1.54) is 0 Å². The molecule has 0 bridgehead atoms. The molecule has 0 heterocycles. The summed E-state index contributed by atoms with van der Waals surface area (Å²) in [5.74, 6) is 2.45. The smallest absolute Gasteiger partial charge is 0.161 e. The predicted octanol–water partition coefficient (Wildman–Crippen LogP) is 3.20. The molecule has 5 nitrogen and oxygen atoms in total. The maximum Gasteiger partial charge on any atom is 0.161 e. The monoisotopic (exact) mass is 353 g/mol. The first-order chi connectivity index (χ1) is 11.8. The Morgan fingerprint density at radius 2 is 1.60 bits per heavy atom. The second-order valence-corrected chi connectivity index (χ2v) is 7.36. The van der Waals surface area contributed by atoms with Crippen LogP contribution in [0.15, 0.2) is 18.2 Å². The molecule has 5 heteroatoms. The van der Waals surface area contributed by atoms with Crippen LogP contribution in [0.25, 0.3) is 0 Å². The molecule has 1 aromatic carbocycles. The fourth-order valence-electron chi connectivity index (χ4n) is 2.75. The number of rotatable bonds is 12. The number of benzene rings is 1. The minimum Gasteiger partial charge on any atom is -0.493 e. The topological polar surface area (TPSA) is 51.2 Å². The molecule has 0 saturated heterocycles. The summed E-state index contributed by atoms with van der Waals surface area (Å²) in [6, 6.07) is 5.95. The van der Waals surface area contributed by atoms with Gasteiger partial charge in [-0.2, -0.15) is 0 Å². The minimum absolute atomic E-state index is 0.374. The molecule has 0 fully saturated rings. The molecule has 0 aliphatic heterocycles. The molecule has 1 aromatic rings. The lowest BCUT2D eigenvalue weighted by atomic mass is 10.1. The van der Waals surface area contributed by atoms with Gasteiger partial charge < -0.3 is 19.3 Å². The summed E-state index contributed by atoms with van der Waals surface area (Å²) in [7, 11) is 3.28. The summed E-state index contributed by atoms with van der Waals surface area (Å²) >= 11 is 0. The van der Waals surface area contributed by atoms with Gasteiger partial charge in [0.2, 0.25) is 0 Å². The fourth-order valence-corrected chi connectivity index (χ4v) is 2.75. The number of ether oxygens (including phenoxy) is 3. The number of aliphatic hydroxyl groups excluding tert-OH is 1. The van der Waals surface area contributed by atoms with Crippen LogP contribution < -0.4 is 9.47 Å². The van der Waals surface area contributed by atoms with Crippen LogP contribution in [0.1, 0.15) is 33.3 Å². The normalized spacial score (nSPS) is 12.9. The molecule has 0 spiro atoms. The zero-order chi connectivity index (χ0) is 18.8. The highest BCUT2D eigenvalue weighted by molar-refractivity contribution is 5.42. The van der Waals surface area contributed by atoms with Crippen molar-refractivity contribution in [2.75, 3.05) is 40.5 Å². The maximum absolute atomic E-state index is 10.3. The summed E-state index contributed by atoms with van der Waals surface area (Å²) in [5.41, 5.74) is 1.13. The van der Waals surface area contributed by atoms with E-state index >= 15 is 0 Å². The van der Waals surface area contributed by atoms with Crippen molar-refractivity contribution >= 4 is 0 Å². The van der Waals surface area contributed by atoms with Crippen molar-refractivity contribution in [2.24, 2.45) is 11.8 Å². The summed E-state index contributed by atoms with van der Waals surface area (Å²) < 4.78 is 16.2. The Hall–Kier alpha value is -1.30. The second kappa shape index (κ2) is 11.3. The van der Waals surface area contributed by atoms with Crippen LogP contribution in [0.2, 0.25) is 0 Å². The average Bonchev–Trinajstić information content (AvgIpc) is 2.53. The highest BCUT2D eigenvalue weighted by Gasteiger charge is 2.15. The highest BCUT2D eigenvalue weighted by atomic mass is 16.5. The van der Waals surface area contributed by atoms with Gasteiger partial charge in [-0.15, -0.1) is 0 Å². The van der Waals surface area contributed by atoms with Crippen LogP contribution in [0.5, 0.6) is 11.5 Å². The first-order valence-electron chi connectivity index (χ1n) is 9.04. The second-order valence-electron chi connectivity index (χ2n) is 7.36. The Kier molecular flexibility index (Phi) is 9.86. The van der Waals surface area contributed by atoms with Crippen molar-refractivity contribution in [2.45, 2.75) is 40.3 Å².